The Hall–Kier alpha value is -2.60. The van der Waals surface area contributed by atoms with E-state index < -0.39 is 57.7 Å². The second kappa shape index (κ2) is 9.94. The lowest BCUT2D eigenvalue weighted by Crippen LogP contribution is -2.51. The average molecular weight is 555 g/mol. The van der Waals surface area contributed by atoms with E-state index in [1.54, 1.807) is 0 Å². The number of hydrogen-bond donors (Lipinski definition) is 2. The van der Waals surface area contributed by atoms with Crippen molar-refractivity contribution >= 4 is 33.3 Å². The number of rotatable bonds is 8. The molecular formula is C25H25ClF2N2O6S. The number of nitrogens with zero attached hydrogens (tertiary/aromatic N) is 1. The summed E-state index contributed by atoms with van der Waals surface area (Å²) in [7, 11) is -3.77. The van der Waals surface area contributed by atoms with Gasteiger partial charge in [-0.3, -0.25) is 9.59 Å². The molecule has 2 aliphatic heterocycles. The van der Waals surface area contributed by atoms with Crippen LogP contribution in [-0.4, -0.2) is 67.9 Å². The van der Waals surface area contributed by atoms with E-state index in [4.69, 9.17) is 21.4 Å². The molecule has 37 heavy (non-hydrogen) atoms. The molecule has 12 heteroatoms. The summed E-state index contributed by atoms with van der Waals surface area (Å²) < 4.78 is 58.9. The smallest absolute Gasteiger partial charge is 0.254 e. The highest BCUT2D eigenvalue weighted by Gasteiger charge is 2.56. The number of amides is 2. The Morgan fingerprint density at radius 3 is 2.59 bits per heavy atom. The van der Waals surface area contributed by atoms with Crippen molar-refractivity contribution < 1.29 is 36.6 Å². The van der Waals surface area contributed by atoms with E-state index in [2.05, 4.69) is 5.32 Å². The van der Waals surface area contributed by atoms with Crippen molar-refractivity contribution in [3.05, 3.63) is 64.2 Å². The third kappa shape index (κ3) is 4.97. The lowest BCUT2D eigenvalue weighted by molar-refractivity contribution is -0.128. The molecule has 1 aliphatic carbocycles. The fourth-order valence-corrected chi connectivity index (χ4v) is 6.33. The van der Waals surface area contributed by atoms with Crippen molar-refractivity contribution in [3.63, 3.8) is 0 Å². The molecule has 3 aliphatic rings. The molecule has 2 saturated heterocycles. The Bertz CT molecular complexity index is 1350. The monoisotopic (exact) mass is 554 g/mol. The highest BCUT2D eigenvalue weighted by Crippen LogP contribution is 2.48. The first kappa shape index (κ1) is 26.0. The summed E-state index contributed by atoms with van der Waals surface area (Å²) in [5.74, 6) is -3.18. The van der Waals surface area contributed by atoms with Crippen LogP contribution in [-0.2, 0) is 19.4 Å². The molecule has 8 nitrogen and oxygen atoms in total. The van der Waals surface area contributed by atoms with Crippen LogP contribution in [0.3, 0.4) is 0 Å². The Labute approximate surface area is 217 Å². The molecule has 1 saturated carbocycles. The topological polar surface area (TPSA) is 113 Å². The van der Waals surface area contributed by atoms with Gasteiger partial charge in [-0.05, 0) is 49.1 Å². The molecule has 2 amide bonds. The van der Waals surface area contributed by atoms with Crippen molar-refractivity contribution in [3.8, 4) is 0 Å². The number of halogens is 3. The summed E-state index contributed by atoms with van der Waals surface area (Å²) in [6.07, 6.45) is 1.14. The fourth-order valence-electron chi connectivity index (χ4n) is 5.11. The minimum Gasteiger partial charge on any atom is -0.395 e. The van der Waals surface area contributed by atoms with E-state index in [0.29, 0.717) is 6.42 Å². The quantitative estimate of drug-likeness (QED) is 0.485. The van der Waals surface area contributed by atoms with E-state index in [-0.39, 0.29) is 52.1 Å². The summed E-state index contributed by atoms with van der Waals surface area (Å²) in [5.41, 5.74) is 0.0606. The largest absolute Gasteiger partial charge is 0.395 e. The van der Waals surface area contributed by atoms with Gasteiger partial charge >= 0.3 is 0 Å². The molecule has 0 spiro atoms. The molecule has 0 radical (unpaired) electrons. The van der Waals surface area contributed by atoms with Gasteiger partial charge in [-0.25, -0.2) is 17.2 Å². The van der Waals surface area contributed by atoms with Crippen LogP contribution in [0.15, 0.2) is 41.3 Å². The van der Waals surface area contributed by atoms with E-state index in [9.17, 15) is 26.8 Å². The number of benzene rings is 2. The number of piperidine rings is 1. The molecule has 4 atom stereocenters. The van der Waals surface area contributed by atoms with E-state index in [0.717, 1.165) is 18.6 Å². The predicted molar refractivity (Wildman–Crippen MR) is 129 cm³/mol. The van der Waals surface area contributed by atoms with Crippen molar-refractivity contribution in [2.45, 2.75) is 35.9 Å². The zero-order valence-corrected chi connectivity index (χ0v) is 21.1. The number of carbonyl (C=O) groups excluding carboxylic acids is 2. The fraction of sp³-hybridized carbons (Fsp3) is 0.440. The standard InChI is InChI=1S/C25H25ClF2N2O6S/c26-18-10-19(27)17(9-20(18)28)23(15-11-36-12-15)29-24(32)22-8-14-7-21(14)30(22)25(33)13-2-1-3-16(6-13)37(34,35)5-4-31/h1-3,6,9-10,14-15,21-23,31H,4-5,7-8,11-12H2,(H,29,32)/t14-,21-,22-,23?/m1/s1. The number of carbonyl (C=O) groups is 2. The molecule has 0 aromatic heterocycles. The molecule has 2 N–H and O–H groups in total. The first-order valence-electron chi connectivity index (χ1n) is 11.9. The minimum atomic E-state index is -3.77. The highest BCUT2D eigenvalue weighted by atomic mass is 35.5. The van der Waals surface area contributed by atoms with Crippen LogP contribution in [0.4, 0.5) is 8.78 Å². The third-order valence-corrected chi connectivity index (χ3v) is 9.23. The minimum absolute atomic E-state index is 0.0497. The molecule has 2 aromatic carbocycles. The SMILES string of the molecule is O=C(NC(c1cc(F)c(Cl)cc1F)C1COC1)[C@H]1C[C@H]2C[C@H]2N1C(=O)c1cccc(S(=O)(=O)CCO)c1. The third-order valence-electron chi connectivity index (χ3n) is 7.25. The lowest BCUT2D eigenvalue weighted by atomic mass is 9.90. The summed E-state index contributed by atoms with van der Waals surface area (Å²) in [4.78, 5) is 28.3. The zero-order chi connectivity index (χ0) is 26.5. The number of aliphatic hydroxyl groups excluding tert-OH is 1. The zero-order valence-electron chi connectivity index (χ0n) is 19.6. The Morgan fingerprint density at radius 1 is 1.16 bits per heavy atom. The van der Waals surface area contributed by atoms with Gasteiger partial charge in [0.05, 0.1) is 41.5 Å². The van der Waals surface area contributed by atoms with Gasteiger partial charge in [-0.2, -0.15) is 0 Å². The Balaban J connectivity index is 1.39. The van der Waals surface area contributed by atoms with Gasteiger partial charge in [0.2, 0.25) is 5.91 Å². The van der Waals surface area contributed by atoms with Gasteiger partial charge in [0.1, 0.15) is 17.7 Å². The van der Waals surface area contributed by atoms with Crippen LogP contribution < -0.4 is 5.32 Å². The van der Waals surface area contributed by atoms with Crippen molar-refractivity contribution in [1.29, 1.82) is 0 Å². The van der Waals surface area contributed by atoms with Crippen LogP contribution in [0, 0.1) is 23.5 Å². The van der Waals surface area contributed by atoms with Crippen molar-refractivity contribution in [1.82, 2.24) is 10.2 Å². The molecular weight excluding hydrogens is 530 g/mol. The summed E-state index contributed by atoms with van der Waals surface area (Å²) in [6.45, 7) is -0.0471. The van der Waals surface area contributed by atoms with Crippen molar-refractivity contribution in [2.75, 3.05) is 25.6 Å². The molecule has 3 fully saturated rings. The van der Waals surface area contributed by atoms with E-state index >= 15 is 0 Å². The second-order valence-corrected chi connectivity index (χ2v) is 12.2. The van der Waals surface area contributed by atoms with Gasteiger partial charge in [0.25, 0.3) is 5.91 Å². The highest BCUT2D eigenvalue weighted by molar-refractivity contribution is 7.91. The number of likely N-dealkylation sites (tertiary alicyclic amines) is 1. The summed E-state index contributed by atoms with van der Waals surface area (Å²) in [5, 5.41) is 11.5. The lowest BCUT2D eigenvalue weighted by Gasteiger charge is -2.36. The molecule has 2 heterocycles. The number of nitrogens with one attached hydrogen (secondary N) is 1. The first-order valence-corrected chi connectivity index (χ1v) is 13.9. The summed E-state index contributed by atoms with van der Waals surface area (Å²) >= 11 is 5.70. The number of hydrogen-bond acceptors (Lipinski definition) is 6. The van der Waals surface area contributed by atoms with E-state index in [1.165, 1.54) is 29.2 Å². The number of aliphatic hydroxyl groups is 1. The molecule has 1 unspecified atom stereocenters. The average Bonchev–Trinajstić information content (AvgIpc) is 3.49. The summed E-state index contributed by atoms with van der Waals surface area (Å²) in [6, 6.07) is 5.46. The van der Waals surface area contributed by atoms with Crippen molar-refractivity contribution in [2.24, 2.45) is 11.8 Å². The molecule has 0 bridgehead atoms. The molecule has 198 valence electrons. The molecule has 2 aromatic rings. The molecule has 5 rings (SSSR count). The van der Waals surface area contributed by atoms with Gasteiger partial charge in [0, 0.05) is 23.1 Å². The van der Waals surface area contributed by atoms with E-state index in [1.807, 2.05) is 0 Å². The van der Waals surface area contributed by atoms with Gasteiger partial charge in [-0.15, -0.1) is 0 Å². The number of ether oxygens (including phenoxy) is 1. The number of fused-ring (bicyclic) bond motifs is 1. The maximum Gasteiger partial charge on any atom is 0.254 e. The van der Waals surface area contributed by atoms with Gasteiger partial charge in [-0.1, -0.05) is 17.7 Å². The van der Waals surface area contributed by atoms with Crippen LogP contribution in [0.1, 0.15) is 34.8 Å². The maximum atomic E-state index is 14.7. The normalized spacial score (nSPS) is 23.8. The Kier molecular flexibility index (Phi) is 6.99. The van der Waals surface area contributed by atoms with Crippen LogP contribution >= 0.6 is 11.6 Å². The predicted octanol–water partition coefficient (Wildman–Crippen LogP) is 2.49. The van der Waals surface area contributed by atoms with Crippen LogP contribution in [0.25, 0.3) is 0 Å². The number of sulfone groups is 1. The van der Waals surface area contributed by atoms with Gasteiger partial charge in [0.15, 0.2) is 9.84 Å². The van der Waals surface area contributed by atoms with Crippen LogP contribution in [0.2, 0.25) is 5.02 Å². The Morgan fingerprint density at radius 2 is 1.92 bits per heavy atom. The maximum absolute atomic E-state index is 14.7. The van der Waals surface area contributed by atoms with Crippen LogP contribution in [0.5, 0.6) is 0 Å². The second-order valence-electron chi connectivity index (χ2n) is 9.67. The first-order chi connectivity index (χ1) is 17.6. The van der Waals surface area contributed by atoms with Gasteiger partial charge < -0.3 is 20.1 Å².